The summed E-state index contributed by atoms with van der Waals surface area (Å²) in [6.45, 7) is 0. The van der Waals surface area contributed by atoms with Crippen molar-refractivity contribution in [3.05, 3.63) is 72.3 Å². The Morgan fingerprint density at radius 3 is 2.68 bits per heavy atom. The highest BCUT2D eigenvalue weighted by molar-refractivity contribution is 5.81. The lowest BCUT2D eigenvalue weighted by Crippen LogP contribution is -2.10. The van der Waals surface area contributed by atoms with Crippen molar-refractivity contribution in [2.75, 3.05) is 0 Å². The third kappa shape index (κ3) is 2.01. The average molecular weight is 291 g/mol. The van der Waals surface area contributed by atoms with Gasteiger partial charge in [-0.05, 0) is 23.3 Å². The maximum Gasteiger partial charge on any atom is 0.154 e. The molecule has 0 saturated heterocycles. The maximum atomic E-state index is 10.2. The number of H-pyrrole nitrogens is 1. The van der Waals surface area contributed by atoms with Crippen LogP contribution in [-0.2, 0) is 0 Å². The lowest BCUT2D eigenvalue weighted by molar-refractivity contribution is 0.478. The Balaban J connectivity index is 1.93. The topological polar surface area (TPSA) is 79.6 Å². The molecular weight excluding hydrogens is 278 g/mol. The fraction of sp³-hybridized carbons (Fsp3) is 0.0625. The van der Waals surface area contributed by atoms with Crippen LogP contribution in [0.3, 0.4) is 0 Å². The van der Waals surface area contributed by atoms with Crippen molar-refractivity contribution < 1.29 is 5.11 Å². The van der Waals surface area contributed by atoms with Gasteiger partial charge in [0.05, 0.1) is 12.4 Å². The molecule has 0 aliphatic rings. The SMILES string of the molecule is Oc1cc(C(c2ccccc2)n2ccnc2)cc2n[nH]nc12. The predicted molar refractivity (Wildman–Crippen MR) is 81.5 cm³/mol. The number of rotatable bonds is 3. The van der Waals surface area contributed by atoms with Gasteiger partial charge in [-0.15, -0.1) is 0 Å². The van der Waals surface area contributed by atoms with Crippen molar-refractivity contribution in [3.8, 4) is 5.75 Å². The van der Waals surface area contributed by atoms with Crippen molar-refractivity contribution in [1.82, 2.24) is 25.0 Å². The molecule has 2 heterocycles. The van der Waals surface area contributed by atoms with E-state index in [2.05, 4.69) is 32.5 Å². The number of imidazole rings is 1. The molecule has 4 aromatic rings. The fourth-order valence-electron chi connectivity index (χ4n) is 2.71. The number of aromatic amines is 1. The van der Waals surface area contributed by atoms with E-state index in [4.69, 9.17) is 0 Å². The highest BCUT2D eigenvalue weighted by Crippen LogP contribution is 2.32. The minimum absolute atomic E-state index is 0.0873. The molecule has 0 bridgehead atoms. The number of benzene rings is 2. The number of nitrogens with zero attached hydrogens (tertiary/aromatic N) is 4. The van der Waals surface area contributed by atoms with Crippen molar-refractivity contribution in [2.45, 2.75) is 6.04 Å². The molecule has 0 radical (unpaired) electrons. The first kappa shape index (κ1) is 12.6. The van der Waals surface area contributed by atoms with Crippen LogP contribution in [0.25, 0.3) is 11.0 Å². The van der Waals surface area contributed by atoms with Gasteiger partial charge in [-0.1, -0.05) is 30.3 Å². The molecule has 0 aliphatic heterocycles. The summed E-state index contributed by atoms with van der Waals surface area (Å²) in [6.07, 6.45) is 5.41. The van der Waals surface area contributed by atoms with Crippen LogP contribution < -0.4 is 0 Å². The van der Waals surface area contributed by atoms with E-state index in [1.807, 2.05) is 35.0 Å². The summed E-state index contributed by atoms with van der Waals surface area (Å²) in [6, 6.07) is 13.6. The molecule has 2 aromatic heterocycles. The van der Waals surface area contributed by atoms with E-state index in [1.54, 1.807) is 18.6 Å². The van der Waals surface area contributed by atoms with Gasteiger partial charge in [-0.25, -0.2) is 4.98 Å². The van der Waals surface area contributed by atoms with Crippen LogP contribution in [0.1, 0.15) is 17.2 Å². The number of aromatic hydroxyl groups is 1. The number of hydrogen-bond donors (Lipinski definition) is 2. The van der Waals surface area contributed by atoms with Crippen molar-refractivity contribution >= 4 is 11.0 Å². The van der Waals surface area contributed by atoms with Crippen LogP contribution in [-0.4, -0.2) is 30.1 Å². The largest absolute Gasteiger partial charge is 0.506 e. The van der Waals surface area contributed by atoms with Gasteiger partial charge in [0, 0.05) is 12.4 Å². The third-order valence-electron chi connectivity index (χ3n) is 3.68. The summed E-state index contributed by atoms with van der Waals surface area (Å²) >= 11 is 0. The fourth-order valence-corrected chi connectivity index (χ4v) is 2.71. The van der Waals surface area contributed by atoms with Gasteiger partial charge in [0.1, 0.15) is 11.3 Å². The minimum atomic E-state index is -0.0873. The van der Waals surface area contributed by atoms with Crippen LogP contribution in [0.15, 0.2) is 61.2 Å². The Kier molecular flexibility index (Phi) is 2.86. The predicted octanol–water partition coefficient (Wildman–Crippen LogP) is 2.50. The van der Waals surface area contributed by atoms with E-state index in [1.165, 1.54) is 0 Å². The van der Waals surface area contributed by atoms with E-state index in [0.717, 1.165) is 11.1 Å². The van der Waals surface area contributed by atoms with E-state index in [0.29, 0.717) is 11.0 Å². The first-order chi connectivity index (χ1) is 10.8. The lowest BCUT2D eigenvalue weighted by Gasteiger charge is -2.19. The van der Waals surface area contributed by atoms with Gasteiger partial charge in [-0.3, -0.25) is 0 Å². The molecule has 1 atom stereocenters. The number of aromatic nitrogens is 5. The van der Waals surface area contributed by atoms with Gasteiger partial charge in [0.15, 0.2) is 5.52 Å². The van der Waals surface area contributed by atoms with Gasteiger partial charge in [0.2, 0.25) is 0 Å². The number of phenolic OH excluding ortho intramolecular Hbond substituents is 1. The first-order valence-electron chi connectivity index (χ1n) is 6.89. The molecule has 0 spiro atoms. The number of nitrogens with one attached hydrogen (secondary N) is 1. The second-order valence-electron chi connectivity index (χ2n) is 5.05. The summed E-state index contributed by atoms with van der Waals surface area (Å²) in [5, 5.41) is 20.8. The van der Waals surface area contributed by atoms with E-state index in [-0.39, 0.29) is 11.8 Å². The van der Waals surface area contributed by atoms with Crippen LogP contribution in [0.5, 0.6) is 5.75 Å². The molecule has 0 saturated carbocycles. The molecule has 108 valence electrons. The molecule has 1 unspecified atom stereocenters. The van der Waals surface area contributed by atoms with Crippen molar-refractivity contribution in [1.29, 1.82) is 0 Å². The van der Waals surface area contributed by atoms with Crippen LogP contribution in [0, 0.1) is 0 Å². The Bertz CT molecular complexity index is 899. The quantitative estimate of drug-likeness (QED) is 0.608. The summed E-state index contributed by atoms with van der Waals surface area (Å²) in [4.78, 5) is 4.14. The summed E-state index contributed by atoms with van der Waals surface area (Å²) < 4.78 is 2.00. The van der Waals surface area contributed by atoms with Crippen molar-refractivity contribution in [2.24, 2.45) is 0 Å². The Labute approximate surface area is 126 Å². The smallest absolute Gasteiger partial charge is 0.154 e. The molecular formula is C16H13N5O. The second-order valence-corrected chi connectivity index (χ2v) is 5.05. The molecule has 0 aliphatic carbocycles. The average Bonchev–Trinajstić information content (AvgIpc) is 3.20. The zero-order chi connectivity index (χ0) is 14.9. The van der Waals surface area contributed by atoms with Crippen molar-refractivity contribution in [3.63, 3.8) is 0 Å². The summed E-state index contributed by atoms with van der Waals surface area (Å²) in [7, 11) is 0. The third-order valence-corrected chi connectivity index (χ3v) is 3.68. The molecule has 6 nitrogen and oxygen atoms in total. The number of fused-ring (bicyclic) bond motifs is 1. The highest BCUT2D eigenvalue weighted by atomic mass is 16.3. The van der Waals surface area contributed by atoms with Crippen LogP contribution >= 0.6 is 0 Å². The number of hydrogen-bond acceptors (Lipinski definition) is 4. The standard InChI is InChI=1S/C16H13N5O/c22-14-9-12(8-13-15(14)19-20-18-13)16(21-7-6-17-10-21)11-4-2-1-3-5-11/h1-10,16,22H,(H,18,19,20). The molecule has 22 heavy (non-hydrogen) atoms. The van der Waals surface area contributed by atoms with E-state index < -0.39 is 0 Å². The highest BCUT2D eigenvalue weighted by Gasteiger charge is 2.18. The van der Waals surface area contributed by atoms with Crippen LogP contribution in [0.4, 0.5) is 0 Å². The zero-order valence-electron chi connectivity index (χ0n) is 11.6. The molecule has 0 amide bonds. The van der Waals surface area contributed by atoms with E-state index >= 15 is 0 Å². The molecule has 2 N–H and O–H groups in total. The summed E-state index contributed by atoms with van der Waals surface area (Å²) in [5.41, 5.74) is 3.13. The Morgan fingerprint density at radius 1 is 1.05 bits per heavy atom. The van der Waals surface area contributed by atoms with Crippen LogP contribution in [0.2, 0.25) is 0 Å². The second kappa shape index (κ2) is 5.00. The minimum Gasteiger partial charge on any atom is -0.506 e. The molecule has 0 fully saturated rings. The number of phenols is 1. The van der Waals surface area contributed by atoms with Gasteiger partial charge in [-0.2, -0.15) is 15.4 Å². The lowest BCUT2D eigenvalue weighted by atomic mass is 9.97. The molecule has 4 rings (SSSR count). The Morgan fingerprint density at radius 2 is 1.91 bits per heavy atom. The van der Waals surface area contributed by atoms with Gasteiger partial charge in [0.25, 0.3) is 0 Å². The summed E-state index contributed by atoms with van der Waals surface area (Å²) in [5.74, 6) is 0.113. The van der Waals surface area contributed by atoms with E-state index in [9.17, 15) is 5.11 Å². The molecule has 6 heteroatoms. The molecule has 2 aromatic carbocycles. The zero-order valence-corrected chi connectivity index (χ0v) is 11.6. The van der Waals surface area contributed by atoms with Gasteiger partial charge < -0.3 is 9.67 Å². The van der Waals surface area contributed by atoms with Gasteiger partial charge >= 0.3 is 0 Å². The maximum absolute atomic E-state index is 10.2. The normalized spacial score (nSPS) is 12.5. The monoisotopic (exact) mass is 291 g/mol. The first-order valence-corrected chi connectivity index (χ1v) is 6.89. The Hall–Kier alpha value is -3.15.